The average Bonchev–Trinajstić information content (AvgIpc) is 2.60. The molecular weight excluding hydrogens is 553 g/mol. The Hall–Kier alpha value is -1.91. The zero-order chi connectivity index (χ0) is 21.6. The minimum Gasteiger partial charge on any atom is -0.393 e. The van der Waals surface area contributed by atoms with E-state index in [1.165, 1.54) is 22.3 Å². The van der Waals surface area contributed by atoms with Crippen molar-refractivity contribution < 1.29 is 30.3 Å². The number of hydrogen-bond acceptors (Lipinski definition) is 4. The Kier molecular flexibility index (Phi) is 10.5. The summed E-state index contributed by atoms with van der Waals surface area (Å²) >= 11 is 0. The largest absolute Gasteiger partial charge is 0.393 e. The van der Waals surface area contributed by atoms with Gasteiger partial charge in [-0.25, -0.2) is 0 Å². The first kappa shape index (κ1) is 26.1. The van der Waals surface area contributed by atoms with E-state index in [1.807, 2.05) is 19.3 Å². The summed E-state index contributed by atoms with van der Waals surface area (Å²) in [5.41, 5.74) is 8.03. The first-order chi connectivity index (χ1) is 13.7. The molecule has 163 valence electrons. The molecule has 3 rings (SSSR count). The molecule has 1 aromatic heterocycles. The summed E-state index contributed by atoms with van der Waals surface area (Å²) in [5.74, 6) is 0.724. The molecule has 30 heavy (non-hydrogen) atoms. The van der Waals surface area contributed by atoms with Gasteiger partial charge in [-0.2, -0.15) is 0 Å². The molecule has 0 fully saturated rings. The number of rotatable bonds is 4. The Balaban J connectivity index is 0.000000489. The summed E-state index contributed by atoms with van der Waals surface area (Å²) in [6, 6.07) is 13.8. The standard InChI is InChI=1S/C20H19N2.C5H12O2.Ir/c1-13-8-14(2)10-17(9-13)20-21-11-18(12-22-20)19-15(3)6-5-7-16(19)4;1-4(6)3-5(2)7;/h5-9,11-12H,1-4H3;4-7H,3H2,1-2H3;/q-1;;. The molecule has 5 heteroatoms. The van der Waals surface area contributed by atoms with Gasteiger partial charge in [0, 0.05) is 38.1 Å². The van der Waals surface area contributed by atoms with Gasteiger partial charge in [0.05, 0.1) is 18.0 Å². The summed E-state index contributed by atoms with van der Waals surface area (Å²) in [5, 5.41) is 17.1. The quantitative estimate of drug-likeness (QED) is 0.426. The Morgan fingerprint density at radius 2 is 1.43 bits per heavy atom. The molecule has 0 aliphatic heterocycles. The second kappa shape index (κ2) is 12.1. The summed E-state index contributed by atoms with van der Waals surface area (Å²) in [7, 11) is 0. The summed E-state index contributed by atoms with van der Waals surface area (Å²) in [4.78, 5) is 9.09. The van der Waals surface area contributed by atoms with E-state index in [1.54, 1.807) is 13.8 Å². The molecule has 0 spiro atoms. The van der Waals surface area contributed by atoms with Crippen LogP contribution in [0.2, 0.25) is 0 Å². The second-order valence-electron chi connectivity index (χ2n) is 7.75. The van der Waals surface area contributed by atoms with Gasteiger partial charge in [-0.15, -0.1) is 34.9 Å². The molecule has 2 atom stereocenters. The Morgan fingerprint density at radius 1 is 0.900 bits per heavy atom. The fraction of sp³-hybridized carbons (Fsp3) is 0.360. The minimum absolute atomic E-state index is 0. The van der Waals surface area contributed by atoms with Crippen molar-refractivity contribution in [3.05, 3.63) is 71.0 Å². The summed E-state index contributed by atoms with van der Waals surface area (Å²) in [6.07, 6.45) is 3.53. The van der Waals surface area contributed by atoms with Crippen molar-refractivity contribution in [1.82, 2.24) is 9.97 Å². The molecule has 2 N–H and O–H groups in total. The maximum Gasteiger partial charge on any atom is 0.0748 e. The predicted octanol–water partition coefficient (Wildman–Crippen LogP) is 4.98. The second-order valence-corrected chi connectivity index (χ2v) is 7.75. The normalized spacial score (nSPS) is 12.3. The van der Waals surface area contributed by atoms with Crippen LogP contribution in [-0.2, 0) is 20.1 Å². The van der Waals surface area contributed by atoms with Gasteiger partial charge in [0.1, 0.15) is 0 Å². The molecule has 1 heterocycles. The molecule has 0 aliphatic carbocycles. The number of aliphatic hydroxyl groups excluding tert-OH is 2. The predicted molar refractivity (Wildman–Crippen MR) is 119 cm³/mol. The van der Waals surface area contributed by atoms with Gasteiger partial charge < -0.3 is 10.2 Å². The van der Waals surface area contributed by atoms with E-state index in [-0.39, 0.29) is 32.3 Å². The monoisotopic (exact) mass is 584 g/mol. The molecule has 0 aliphatic rings. The van der Waals surface area contributed by atoms with E-state index >= 15 is 0 Å². The van der Waals surface area contributed by atoms with Crippen molar-refractivity contribution in [3.63, 3.8) is 0 Å². The van der Waals surface area contributed by atoms with E-state index in [4.69, 9.17) is 10.2 Å². The Bertz CT molecular complexity index is 892. The van der Waals surface area contributed by atoms with E-state index in [0.29, 0.717) is 6.42 Å². The number of aryl methyl sites for hydroxylation is 4. The first-order valence-corrected chi connectivity index (χ1v) is 9.93. The Morgan fingerprint density at radius 3 is 1.87 bits per heavy atom. The van der Waals surface area contributed by atoms with Gasteiger partial charge in [-0.3, -0.25) is 9.97 Å². The third-order valence-corrected chi connectivity index (χ3v) is 4.49. The molecule has 0 saturated carbocycles. The van der Waals surface area contributed by atoms with Crippen LogP contribution in [0.25, 0.3) is 22.5 Å². The van der Waals surface area contributed by atoms with Crippen LogP contribution in [0.4, 0.5) is 0 Å². The molecule has 3 aromatic rings. The minimum atomic E-state index is -0.375. The number of aliphatic hydroxyl groups is 2. The molecule has 2 unspecified atom stereocenters. The van der Waals surface area contributed by atoms with Gasteiger partial charge in [0.15, 0.2) is 0 Å². The Labute approximate surface area is 193 Å². The SMILES string of the molecule is CC(O)CC(C)O.Cc1[c-]c(-c2ncc(-c3c(C)cccc3C)cn2)cc(C)c1.[Ir]. The fourth-order valence-corrected chi connectivity index (χ4v) is 3.38. The molecule has 2 aromatic carbocycles. The van der Waals surface area contributed by atoms with Gasteiger partial charge in [-0.05, 0) is 50.8 Å². The van der Waals surface area contributed by atoms with Crippen molar-refractivity contribution in [2.75, 3.05) is 0 Å². The third kappa shape index (κ3) is 7.73. The van der Waals surface area contributed by atoms with Gasteiger partial charge in [-0.1, -0.05) is 32.0 Å². The average molecular weight is 584 g/mol. The molecular formula is C25H31IrN2O2-. The van der Waals surface area contributed by atoms with Crippen LogP contribution in [0.5, 0.6) is 0 Å². The van der Waals surface area contributed by atoms with E-state index in [2.05, 4.69) is 67.1 Å². The number of hydrogen-bond donors (Lipinski definition) is 2. The maximum atomic E-state index is 8.56. The number of nitrogens with zero attached hydrogens (tertiary/aromatic N) is 2. The van der Waals surface area contributed by atoms with Crippen molar-refractivity contribution in [2.24, 2.45) is 0 Å². The maximum absolute atomic E-state index is 8.56. The molecule has 0 bridgehead atoms. The molecule has 0 amide bonds. The fourth-order valence-electron chi connectivity index (χ4n) is 3.38. The van der Waals surface area contributed by atoms with Crippen LogP contribution in [0.15, 0.2) is 42.7 Å². The zero-order valence-electron chi connectivity index (χ0n) is 18.5. The van der Waals surface area contributed by atoms with Crippen molar-refractivity contribution in [1.29, 1.82) is 0 Å². The number of benzene rings is 2. The van der Waals surface area contributed by atoms with Crippen LogP contribution in [-0.4, -0.2) is 32.4 Å². The van der Waals surface area contributed by atoms with Crippen molar-refractivity contribution >= 4 is 0 Å². The van der Waals surface area contributed by atoms with Crippen molar-refractivity contribution in [3.8, 4) is 22.5 Å². The van der Waals surface area contributed by atoms with E-state index in [9.17, 15) is 0 Å². The summed E-state index contributed by atoms with van der Waals surface area (Å²) < 4.78 is 0. The first-order valence-electron chi connectivity index (χ1n) is 9.93. The van der Waals surface area contributed by atoms with E-state index in [0.717, 1.165) is 22.5 Å². The third-order valence-electron chi connectivity index (χ3n) is 4.49. The smallest absolute Gasteiger partial charge is 0.0748 e. The zero-order valence-corrected chi connectivity index (χ0v) is 20.9. The van der Waals surface area contributed by atoms with E-state index < -0.39 is 0 Å². The molecule has 1 radical (unpaired) electrons. The summed E-state index contributed by atoms with van der Waals surface area (Å²) in [6.45, 7) is 11.7. The van der Waals surface area contributed by atoms with Crippen molar-refractivity contribution in [2.45, 2.75) is 60.2 Å². The van der Waals surface area contributed by atoms with Crippen LogP contribution < -0.4 is 0 Å². The number of aromatic nitrogens is 2. The topological polar surface area (TPSA) is 66.2 Å². The van der Waals surface area contributed by atoms with Crippen LogP contribution in [0.3, 0.4) is 0 Å². The molecule has 0 saturated heterocycles. The molecule has 4 nitrogen and oxygen atoms in total. The van der Waals surface area contributed by atoms with Crippen LogP contribution >= 0.6 is 0 Å². The van der Waals surface area contributed by atoms with Crippen LogP contribution in [0.1, 0.15) is 42.5 Å². The van der Waals surface area contributed by atoms with Gasteiger partial charge in [0.2, 0.25) is 0 Å². The van der Waals surface area contributed by atoms with Crippen LogP contribution in [0, 0.1) is 33.8 Å². The van der Waals surface area contributed by atoms with Gasteiger partial charge >= 0.3 is 0 Å². The van der Waals surface area contributed by atoms with Gasteiger partial charge in [0.25, 0.3) is 0 Å².